The number of hydrogen-bond acceptors (Lipinski definition) is 5. The molecule has 1 atom stereocenters. The van der Waals surface area contributed by atoms with Crippen LogP contribution in [0.2, 0.25) is 0 Å². The average Bonchev–Trinajstić information content (AvgIpc) is 3.50. The van der Waals surface area contributed by atoms with Crippen molar-refractivity contribution in [2.45, 2.75) is 51.0 Å². The van der Waals surface area contributed by atoms with Crippen LogP contribution in [0.3, 0.4) is 0 Å². The lowest BCUT2D eigenvalue weighted by molar-refractivity contribution is 0.0904. The summed E-state index contributed by atoms with van der Waals surface area (Å²) in [6, 6.07) is 10.2. The van der Waals surface area contributed by atoms with E-state index in [9.17, 15) is 14.4 Å². The summed E-state index contributed by atoms with van der Waals surface area (Å²) in [5.74, 6) is -0.599. The molecule has 0 saturated heterocycles. The molecule has 1 fully saturated rings. The number of hydrogen-bond donors (Lipinski definition) is 4. The number of aromatic nitrogens is 2. The summed E-state index contributed by atoms with van der Waals surface area (Å²) < 4.78 is 5.38. The highest BCUT2D eigenvalue weighted by molar-refractivity contribution is 5.99. The van der Waals surface area contributed by atoms with Crippen molar-refractivity contribution in [1.82, 2.24) is 20.8 Å². The fraction of sp³-hybridized carbons (Fsp3) is 0.360. The number of primary amides is 1. The van der Waals surface area contributed by atoms with Crippen molar-refractivity contribution in [3.63, 3.8) is 0 Å². The summed E-state index contributed by atoms with van der Waals surface area (Å²) in [7, 11) is 0. The third-order valence-electron chi connectivity index (χ3n) is 6.29. The fourth-order valence-corrected chi connectivity index (χ4v) is 4.44. The molecule has 5 N–H and O–H groups in total. The Morgan fingerprint density at radius 3 is 2.56 bits per heavy atom. The summed E-state index contributed by atoms with van der Waals surface area (Å²) in [6.07, 6.45) is 6.83. The minimum atomic E-state index is -0.625. The number of nitrogens with one attached hydrogen (secondary N) is 3. The van der Waals surface area contributed by atoms with Gasteiger partial charge in [-0.15, -0.1) is 0 Å². The van der Waals surface area contributed by atoms with E-state index in [-0.39, 0.29) is 29.6 Å². The van der Waals surface area contributed by atoms with Gasteiger partial charge in [-0.05, 0) is 31.4 Å². The highest BCUT2D eigenvalue weighted by atomic mass is 16.5. The molecule has 34 heavy (non-hydrogen) atoms. The van der Waals surface area contributed by atoms with E-state index in [1.165, 1.54) is 18.7 Å². The van der Waals surface area contributed by atoms with Gasteiger partial charge in [0, 0.05) is 18.7 Å². The number of amides is 3. The predicted octanol–water partition coefficient (Wildman–Crippen LogP) is 3.36. The highest BCUT2D eigenvalue weighted by Gasteiger charge is 2.28. The van der Waals surface area contributed by atoms with E-state index in [4.69, 9.17) is 10.3 Å². The van der Waals surface area contributed by atoms with Gasteiger partial charge in [0.25, 0.3) is 11.8 Å². The SMILES string of the molecule is Cc1onc(C2CCCCC2)c1C(=O)NCC(NC(=O)c1cc(C(N)=O)c[nH]1)c1ccccc1. The number of H-pyrrole nitrogens is 1. The normalized spacial score (nSPS) is 15.0. The smallest absolute Gasteiger partial charge is 0.268 e. The first-order chi connectivity index (χ1) is 16.4. The molecule has 3 amide bonds. The molecule has 1 aliphatic rings. The summed E-state index contributed by atoms with van der Waals surface area (Å²) in [6.45, 7) is 1.90. The van der Waals surface area contributed by atoms with Crippen LogP contribution in [0.5, 0.6) is 0 Å². The molecule has 0 aliphatic heterocycles. The van der Waals surface area contributed by atoms with Gasteiger partial charge in [-0.25, -0.2) is 0 Å². The maximum atomic E-state index is 13.2. The van der Waals surface area contributed by atoms with E-state index in [1.54, 1.807) is 6.92 Å². The minimum Gasteiger partial charge on any atom is -0.366 e. The van der Waals surface area contributed by atoms with Gasteiger partial charge in [0.15, 0.2) is 0 Å². The standard InChI is InChI=1S/C25H29N5O4/c1-15-21(22(30-34-15)17-10-6-3-7-11-17)25(33)28-14-20(16-8-4-2-5-9-16)29-24(32)19-12-18(13-27-19)23(26)31/h2,4-5,8-9,12-13,17,20,27H,3,6-7,10-11,14H2,1H3,(H2,26,31)(H,28,33)(H,29,32). The van der Waals surface area contributed by atoms with Gasteiger partial charge in [0.1, 0.15) is 17.0 Å². The van der Waals surface area contributed by atoms with Crippen molar-refractivity contribution >= 4 is 17.7 Å². The fourth-order valence-electron chi connectivity index (χ4n) is 4.44. The number of nitrogens with zero attached hydrogens (tertiary/aromatic N) is 1. The number of rotatable bonds is 8. The van der Waals surface area contributed by atoms with E-state index < -0.39 is 17.9 Å². The molecular formula is C25H29N5O4. The lowest BCUT2D eigenvalue weighted by Crippen LogP contribution is -2.38. The third-order valence-corrected chi connectivity index (χ3v) is 6.29. The molecule has 1 aromatic carbocycles. The molecule has 1 aliphatic carbocycles. The van der Waals surface area contributed by atoms with Gasteiger partial charge in [0.2, 0.25) is 5.91 Å². The molecule has 2 heterocycles. The third kappa shape index (κ3) is 5.19. The summed E-state index contributed by atoms with van der Waals surface area (Å²) in [5.41, 5.74) is 7.73. The van der Waals surface area contributed by atoms with Crippen LogP contribution < -0.4 is 16.4 Å². The van der Waals surface area contributed by atoms with Crippen molar-refractivity contribution in [3.8, 4) is 0 Å². The van der Waals surface area contributed by atoms with Gasteiger partial charge in [-0.3, -0.25) is 14.4 Å². The average molecular weight is 464 g/mol. The Hall–Kier alpha value is -3.88. The second kappa shape index (κ2) is 10.4. The summed E-state index contributed by atoms with van der Waals surface area (Å²) in [4.78, 5) is 40.1. The zero-order valence-electron chi connectivity index (χ0n) is 19.1. The molecule has 9 nitrogen and oxygen atoms in total. The topological polar surface area (TPSA) is 143 Å². The Labute approximate surface area is 197 Å². The van der Waals surface area contributed by atoms with Crippen LogP contribution in [0, 0.1) is 6.92 Å². The molecule has 0 spiro atoms. The molecule has 178 valence electrons. The summed E-state index contributed by atoms with van der Waals surface area (Å²) >= 11 is 0. The zero-order valence-corrected chi connectivity index (χ0v) is 19.1. The molecule has 0 radical (unpaired) electrons. The summed E-state index contributed by atoms with van der Waals surface area (Å²) in [5, 5.41) is 10.1. The van der Waals surface area contributed by atoms with Gasteiger partial charge in [-0.1, -0.05) is 54.8 Å². The first-order valence-electron chi connectivity index (χ1n) is 11.5. The first kappa shape index (κ1) is 23.3. The van der Waals surface area contributed by atoms with E-state index in [1.807, 2.05) is 30.3 Å². The van der Waals surface area contributed by atoms with Gasteiger partial charge >= 0.3 is 0 Å². The molecular weight excluding hydrogens is 434 g/mol. The second-order valence-corrected chi connectivity index (χ2v) is 8.65. The number of nitrogens with two attached hydrogens (primary N) is 1. The lowest BCUT2D eigenvalue weighted by atomic mass is 9.85. The molecule has 2 aromatic heterocycles. The van der Waals surface area contributed by atoms with E-state index >= 15 is 0 Å². The minimum absolute atomic E-state index is 0.159. The Kier molecular flexibility index (Phi) is 7.10. The van der Waals surface area contributed by atoms with Gasteiger partial charge < -0.3 is 25.9 Å². The van der Waals surface area contributed by atoms with Crippen LogP contribution in [0.4, 0.5) is 0 Å². The number of carbonyl (C=O) groups excluding carboxylic acids is 3. The Morgan fingerprint density at radius 2 is 1.88 bits per heavy atom. The number of aryl methyl sites for hydroxylation is 1. The monoisotopic (exact) mass is 463 g/mol. The van der Waals surface area contributed by atoms with E-state index in [2.05, 4.69) is 20.8 Å². The maximum Gasteiger partial charge on any atom is 0.268 e. The van der Waals surface area contributed by atoms with Gasteiger partial charge in [-0.2, -0.15) is 0 Å². The first-order valence-corrected chi connectivity index (χ1v) is 11.5. The largest absolute Gasteiger partial charge is 0.366 e. The van der Waals surface area contributed by atoms with Crippen LogP contribution in [0.25, 0.3) is 0 Å². The molecule has 1 unspecified atom stereocenters. The molecule has 4 rings (SSSR count). The van der Waals surface area contributed by atoms with Crippen molar-refractivity contribution in [2.75, 3.05) is 6.54 Å². The maximum absolute atomic E-state index is 13.2. The Bertz CT molecular complexity index is 1160. The van der Waals surface area contributed by atoms with E-state index in [0.717, 1.165) is 36.9 Å². The number of benzene rings is 1. The number of aromatic amines is 1. The van der Waals surface area contributed by atoms with Crippen LogP contribution >= 0.6 is 0 Å². The number of carbonyl (C=O) groups is 3. The van der Waals surface area contributed by atoms with Crippen molar-refractivity contribution in [1.29, 1.82) is 0 Å². The molecule has 0 bridgehead atoms. The van der Waals surface area contributed by atoms with Crippen LogP contribution in [-0.4, -0.2) is 34.4 Å². The molecule has 3 aromatic rings. The van der Waals surface area contributed by atoms with Crippen LogP contribution in [0.1, 0.15) is 92.3 Å². The van der Waals surface area contributed by atoms with Crippen molar-refractivity contribution < 1.29 is 18.9 Å². The van der Waals surface area contributed by atoms with Crippen molar-refractivity contribution in [2.24, 2.45) is 5.73 Å². The Morgan fingerprint density at radius 1 is 1.15 bits per heavy atom. The highest BCUT2D eigenvalue weighted by Crippen LogP contribution is 2.34. The molecule has 1 saturated carbocycles. The van der Waals surface area contributed by atoms with Crippen LogP contribution in [-0.2, 0) is 0 Å². The van der Waals surface area contributed by atoms with Crippen LogP contribution in [0.15, 0.2) is 47.1 Å². The van der Waals surface area contributed by atoms with Crippen molar-refractivity contribution in [3.05, 3.63) is 76.4 Å². The lowest BCUT2D eigenvalue weighted by Gasteiger charge is -2.21. The molecule has 9 heteroatoms. The zero-order chi connectivity index (χ0) is 24.1. The Balaban J connectivity index is 1.49. The quantitative estimate of drug-likeness (QED) is 0.405. The van der Waals surface area contributed by atoms with E-state index in [0.29, 0.717) is 11.3 Å². The van der Waals surface area contributed by atoms with Gasteiger partial charge in [0.05, 0.1) is 17.3 Å². The second-order valence-electron chi connectivity index (χ2n) is 8.65. The predicted molar refractivity (Wildman–Crippen MR) is 125 cm³/mol.